The molecule has 1 aliphatic heterocycles. The lowest BCUT2D eigenvalue weighted by atomic mass is 9.81. The number of aryl methyl sites for hydroxylation is 1. The molecule has 2 aromatic rings. The molecule has 0 bridgehead atoms. The second kappa shape index (κ2) is 8.05. The molecule has 5 nitrogen and oxygen atoms in total. The Balaban J connectivity index is 2.10. The van der Waals surface area contributed by atoms with Gasteiger partial charge in [-0.25, -0.2) is 0 Å². The molecule has 0 aliphatic carbocycles. The van der Waals surface area contributed by atoms with E-state index in [-0.39, 0.29) is 16.0 Å². The van der Waals surface area contributed by atoms with Gasteiger partial charge in [0, 0.05) is 54.5 Å². The molecule has 1 aromatic heterocycles. The van der Waals surface area contributed by atoms with Crippen LogP contribution in [0.4, 0.5) is 11.4 Å². The Morgan fingerprint density at radius 1 is 1.14 bits per heavy atom. The van der Waals surface area contributed by atoms with Crippen LogP contribution in [0.15, 0.2) is 48.7 Å². The fraction of sp³-hybridized carbons (Fsp3) is 0.391. The minimum atomic E-state index is -0.311. The van der Waals surface area contributed by atoms with E-state index in [0.29, 0.717) is 0 Å². The number of nitrogens with zero attached hydrogens (tertiary/aromatic N) is 3. The minimum Gasteiger partial charge on any atom is -0.258 e. The first-order valence-corrected chi connectivity index (χ1v) is 10.0. The molecule has 0 amide bonds. The lowest BCUT2D eigenvalue weighted by Crippen LogP contribution is -2.35. The van der Waals surface area contributed by atoms with Crippen molar-refractivity contribution in [1.82, 2.24) is 0 Å². The fourth-order valence-corrected chi connectivity index (χ4v) is 3.93. The third kappa shape index (κ3) is 3.61. The second-order valence-corrected chi connectivity index (χ2v) is 7.72. The summed E-state index contributed by atoms with van der Waals surface area (Å²) in [6, 6.07) is 11.4. The van der Waals surface area contributed by atoms with Gasteiger partial charge in [0.05, 0.1) is 10.3 Å². The Morgan fingerprint density at radius 2 is 1.93 bits per heavy atom. The van der Waals surface area contributed by atoms with Crippen molar-refractivity contribution in [2.75, 3.05) is 6.54 Å². The number of unbranched alkanes of at least 4 members (excludes halogenated alkanes) is 1. The Kier molecular flexibility index (Phi) is 5.73. The number of nitro groups is 1. The van der Waals surface area contributed by atoms with Gasteiger partial charge in [-0.2, -0.15) is 9.14 Å². The van der Waals surface area contributed by atoms with Gasteiger partial charge in [-0.05, 0) is 26.8 Å². The molecule has 0 N–H and O–H groups in total. The van der Waals surface area contributed by atoms with Crippen molar-refractivity contribution in [3.05, 3.63) is 70.0 Å². The molecule has 28 heavy (non-hydrogen) atoms. The van der Waals surface area contributed by atoms with Gasteiger partial charge < -0.3 is 0 Å². The SMILES string of the molecule is CCCC[N+]1=C(C=Cc2cccc[n+]2CC)C(C)(C)c2cc([N+](=O)[O-])ccc21. The molecular weight excluding hydrogens is 350 g/mol. The topological polar surface area (TPSA) is 50.0 Å². The zero-order valence-corrected chi connectivity index (χ0v) is 17.2. The highest BCUT2D eigenvalue weighted by atomic mass is 16.6. The zero-order chi connectivity index (χ0) is 20.3. The lowest BCUT2D eigenvalue weighted by Gasteiger charge is -2.15. The maximum absolute atomic E-state index is 11.3. The summed E-state index contributed by atoms with van der Waals surface area (Å²) in [6.07, 6.45) is 8.59. The smallest absolute Gasteiger partial charge is 0.258 e. The number of pyridine rings is 1. The third-order valence-corrected chi connectivity index (χ3v) is 5.55. The van der Waals surface area contributed by atoms with Gasteiger partial charge in [0.25, 0.3) is 5.69 Å². The number of aromatic nitrogens is 1. The van der Waals surface area contributed by atoms with Gasteiger partial charge in [0.1, 0.15) is 13.1 Å². The Hall–Kier alpha value is -2.82. The van der Waals surface area contributed by atoms with Gasteiger partial charge >= 0.3 is 0 Å². The highest BCUT2D eigenvalue weighted by molar-refractivity contribution is 6.05. The van der Waals surface area contributed by atoms with Crippen LogP contribution >= 0.6 is 0 Å². The molecule has 146 valence electrons. The average molecular weight is 380 g/mol. The second-order valence-electron chi connectivity index (χ2n) is 7.72. The van der Waals surface area contributed by atoms with Crippen LogP contribution in [0.1, 0.15) is 51.8 Å². The van der Waals surface area contributed by atoms with Crippen molar-refractivity contribution < 1.29 is 14.1 Å². The van der Waals surface area contributed by atoms with Crippen molar-refractivity contribution in [2.24, 2.45) is 0 Å². The number of fused-ring (bicyclic) bond motifs is 1. The molecule has 0 saturated carbocycles. The molecule has 0 spiro atoms. The Labute approximate surface area is 166 Å². The minimum absolute atomic E-state index is 0.152. The van der Waals surface area contributed by atoms with Gasteiger partial charge in [-0.15, -0.1) is 0 Å². The fourth-order valence-electron chi connectivity index (χ4n) is 3.93. The summed E-state index contributed by atoms with van der Waals surface area (Å²) < 4.78 is 4.53. The predicted molar refractivity (Wildman–Crippen MR) is 112 cm³/mol. The molecule has 0 fully saturated rings. The molecule has 1 aliphatic rings. The van der Waals surface area contributed by atoms with Crippen molar-refractivity contribution in [1.29, 1.82) is 0 Å². The Bertz CT molecular complexity index is 958. The zero-order valence-electron chi connectivity index (χ0n) is 17.2. The summed E-state index contributed by atoms with van der Waals surface area (Å²) in [6.45, 7) is 10.4. The summed E-state index contributed by atoms with van der Waals surface area (Å²) >= 11 is 0. The molecular formula is C23H29N3O2+2. The summed E-state index contributed by atoms with van der Waals surface area (Å²) in [7, 11) is 0. The largest absolute Gasteiger partial charge is 0.270 e. The Morgan fingerprint density at radius 3 is 2.61 bits per heavy atom. The summed E-state index contributed by atoms with van der Waals surface area (Å²) in [5, 5.41) is 11.3. The van der Waals surface area contributed by atoms with Crippen LogP contribution in [0.3, 0.4) is 0 Å². The monoisotopic (exact) mass is 379 g/mol. The molecule has 0 saturated heterocycles. The molecule has 1 aromatic carbocycles. The predicted octanol–water partition coefficient (Wildman–Crippen LogP) is 4.79. The highest BCUT2D eigenvalue weighted by Gasteiger charge is 2.45. The number of benzene rings is 1. The number of allylic oxidation sites excluding steroid dienone is 1. The molecule has 0 unspecified atom stereocenters. The number of non-ortho nitro benzene ring substituents is 1. The van der Waals surface area contributed by atoms with Gasteiger partial charge in [0.15, 0.2) is 11.9 Å². The van der Waals surface area contributed by atoms with E-state index in [1.54, 1.807) is 12.1 Å². The van der Waals surface area contributed by atoms with Crippen LogP contribution in [0.25, 0.3) is 6.08 Å². The van der Waals surface area contributed by atoms with E-state index in [9.17, 15) is 10.1 Å². The molecule has 0 atom stereocenters. The first-order chi connectivity index (χ1) is 13.4. The van der Waals surface area contributed by atoms with Gasteiger partial charge in [0.2, 0.25) is 11.4 Å². The number of nitro benzene ring substituents is 1. The van der Waals surface area contributed by atoms with E-state index in [0.717, 1.165) is 42.9 Å². The summed E-state index contributed by atoms with van der Waals surface area (Å²) in [5.74, 6) is 0. The first-order valence-electron chi connectivity index (χ1n) is 10.0. The number of rotatable bonds is 7. The number of hydrogen-bond donors (Lipinski definition) is 0. The maximum Gasteiger partial charge on any atom is 0.270 e. The summed E-state index contributed by atoms with van der Waals surface area (Å²) in [5.41, 5.74) is 4.29. The van der Waals surface area contributed by atoms with Gasteiger partial charge in [-0.3, -0.25) is 10.1 Å². The van der Waals surface area contributed by atoms with Crippen molar-refractivity contribution in [3.63, 3.8) is 0 Å². The van der Waals surface area contributed by atoms with Crippen molar-refractivity contribution >= 4 is 23.2 Å². The highest BCUT2D eigenvalue weighted by Crippen LogP contribution is 2.42. The molecule has 2 heterocycles. The van der Waals surface area contributed by atoms with Crippen LogP contribution in [0.5, 0.6) is 0 Å². The maximum atomic E-state index is 11.3. The lowest BCUT2D eigenvalue weighted by molar-refractivity contribution is -0.695. The van der Waals surface area contributed by atoms with Crippen molar-refractivity contribution in [3.8, 4) is 0 Å². The van der Waals surface area contributed by atoms with Crippen LogP contribution in [-0.2, 0) is 12.0 Å². The average Bonchev–Trinajstić information content (AvgIpc) is 2.90. The normalized spacial score (nSPS) is 15.3. The van der Waals surface area contributed by atoms with Gasteiger partial charge in [-0.1, -0.05) is 13.3 Å². The van der Waals surface area contributed by atoms with Crippen LogP contribution in [0.2, 0.25) is 0 Å². The van der Waals surface area contributed by atoms with Crippen molar-refractivity contribution in [2.45, 2.75) is 52.5 Å². The van der Waals surface area contributed by atoms with Crippen LogP contribution in [0, 0.1) is 10.1 Å². The van der Waals surface area contributed by atoms with E-state index < -0.39 is 0 Å². The molecule has 0 radical (unpaired) electrons. The number of hydrogen-bond acceptors (Lipinski definition) is 2. The standard InChI is InChI=1S/C23H29N3O2/c1-5-7-16-25-21-13-11-19(26(27)28)17-20(21)23(3,4)22(25)14-12-18-10-8-9-15-24(18)6-2/h8-15,17H,5-7,16H2,1-4H3/q+2. The van der Waals surface area contributed by atoms with Crippen LogP contribution < -0.4 is 4.57 Å². The van der Waals surface area contributed by atoms with E-state index in [4.69, 9.17) is 0 Å². The molecule has 3 rings (SSSR count). The molecule has 5 heteroatoms. The summed E-state index contributed by atoms with van der Waals surface area (Å²) in [4.78, 5) is 11.0. The van der Waals surface area contributed by atoms with E-state index >= 15 is 0 Å². The van der Waals surface area contributed by atoms with E-state index in [2.05, 4.69) is 61.3 Å². The third-order valence-electron chi connectivity index (χ3n) is 5.55. The van der Waals surface area contributed by atoms with Crippen LogP contribution in [-0.4, -0.2) is 21.8 Å². The quantitative estimate of drug-likeness (QED) is 0.394. The first kappa shape index (κ1) is 19.9. The van der Waals surface area contributed by atoms with E-state index in [1.165, 1.54) is 5.71 Å². The van der Waals surface area contributed by atoms with E-state index in [1.807, 2.05) is 18.2 Å².